The Morgan fingerprint density at radius 3 is 3.20 bits per heavy atom. The number of nitrogens with zero attached hydrogens (tertiary/aromatic N) is 3. The molecule has 0 spiro atoms. The summed E-state index contributed by atoms with van der Waals surface area (Å²) >= 11 is 0. The quantitative estimate of drug-likeness (QED) is 0.680. The number of nitrogens with one attached hydrogen (secondary N) is 2. The number of hydrogen-bond acceptors (Lipinski definition) is 4. The molecule has 0 radical (unpaired) electrons. The molecule has 0 aliphatic carbocycles. The number of carbonyl (C=O) groups excluding carboxylic acids is 1. The Hall–Kier alpha value is -1.43. The molecule has 1 atom stereocenters. The Balaban J connectivity index is 1.69. The van der Waals surface area contributed by atoms with Gasteiger partial charge in [-0.1, -0.05) is 0 Å². The third-order valence-electron chi connectivity index (χ3n) is 2.41. The minimum atomic E-state index is 0.151. The molecular formula is C9H15N5O. The second kappa shape index (κ2) is 4.39. The largest absolute Gasteiger partial charge is 0.352 e. The molecule has 0 bridgehead atoms. The molecule has 1 saturated heterocycles. The lowest BCUT2D eigenvalue weighted by Crippen LogP contribution is -2.35. The van der Waals surface area contributed by atoms with Crippen molar-refractivity contribution in [3.05, 3.63) is 12.2 Å². The van der Waals surface area contributed by atoms with E-state index in [1.807, 2.05) is 7.05 Å². The van der Waals surface area contributed by atoms with Crippen LogP contribution in [-0.2, 0) is 18.4 Å². The van der Waals surface area contributed by atoms with Crippen molar-refractivity contribution >= 4 is 5.91 Å². The van der Waals surface area contributed by atoms with Gasteiger partial charge in [0.2, 0.25) is 5.91 Å². The summed E-state index contributed by atoms with van der Waals surface area (Å²) in [5, 5.41) is 10.3. The van der Waals surface area contributed by atoms with Crippen molar-refractivity contribution in [3.8, 4) is 0 Å². The van der Waals surface area contributed by atoms with E-state index >= 15 is 0 Å². The number of hydrogen-bond donors (Lipinski definition) is 2. The van der Waals surface area contributed by atoms with Crippen molar-refractivity contribution < 1.29 is 4.79 Å². The summed E-state index contributed by atoms with van der Waals surface area (Å²) in [4.78, 5) is 15.0. The smallest absolute Gasteiger partial charge is 0.220 e. The van der Waals surface area contributed by atoms with Gasteiger partial charge in [0, 0.05) is 26.1 Å². The van der Waals surface area contributed by atoms with E-state index in [-0.39, 0.29) is 11.9 Å². The lowest BCUT2D eigenvalue weighted by Gasteiger charge is -2.09. The van der Waals surface area contributed by atoms with Crippen molar-refractivity contribution in [1.82, 2.24) is 25.4 Å². The van der Waals surface area contributed by atoms with Crippen molar-refractivity contribution in [1.29, 1.82) is 0 Å². The zero-order valence-electron chi connectivity index (χ0n) is 8.73. The van der Waals surface area contributed by atoms with E-state index in [9.17, 15) is 4.79 Å². The first-order chi connectivity index (χ1) is 7.24. The van der Waals surface area contributed by atoms with E-state index in [0.717, 1.165) is 18.8 Å². The highest BCUT2D eigenvalue weighted by Crippen LogP contribution is 2.04. The van der Waals surface area contributed by atoms with E-state index in [1.54, 1.807) is 11.0 Å². The maximum Gasteiger partial charge on any atom is 0.220 e. The molecule has 1 fully saturated rings. The maximum atomic E-state index is 10.9. The fourth-order valence-electron chi connectivity index (χ4n) is 1.65. The molecule has 82 valence electrons. The first-order valence-electron chi connectivity index (χ1n) is 5.08. The minimum Gasteiger partial charge on any atom is -0.352 e. The molecule has 15 heavy (non-hydrogen) atoms. The molecule has 1 amide bonds. The summed E-state index contributed by atoms with van der Waals surface area (Å²) in [6, 6.07) is 0.265. The predicted octanol–water partition coefficient (Wildman–Crippen LogP) is -0.817. The van der Waals surface area contributed by atoms with E-state index in [0.29, 0.717) is 13.0 Å². The van der Waals surface area contributed by atoms with Gasteiger partial charge in [0.25, 0.3) is 0 Å². The average molecular weight is 209 g/mol. The first-order valence-corrected chi connectivity index (χ1v) is 5.08. The van der Waals surface area contributed by atoms with E-state index in [4.69, 9.17) is 0 Å². The zero-order chi connectivity index (χ0) is 10.7. The topological polar surface area (TPSA) is 71.8 Å². The van der Waals surface area contributed by atoms with Crippen LogP contribution in [0.15, 0.2) is 6.33 Å². The van der Waals surface area contributed by atoms with Crippen LogP contribution in [0.3, 0.4) is 0 Å². The molecule has 1 aliphatic rings. The van der Waals surface area contributed by atoms with Gasteiger partial charge in [0.15, 0.2) is 5.82 Å². The Kier molecular flexibility index (Phi) is 2.96. The summed E-state index contributed by atoms with van der Waals surface area (Å²) in [7, 11) is 1.84. The Morgan fingerprint density at radius 1 is 1.73 bits per heavy atom. The Bertz CT molecular complexity index is 348. The summed E-state index contributed by atoms with van der Waals surface area (Å²) in [5.74, 6) is 0.930. The normalized spacial score (nSPS) is 20.6. The van der Waals surface area contributed by atoms with Crippen LogP contribution >= 0.6 is 0 Å². The Labute approximate surface area is 88.1 Å². The van der Waals surface area contributed by atoms with Crippen molar-refractivity contribution in [2.75, 3.05) is 6.54 Å². The summed E-state index contributed by atoms with van der Waals surface area (Å²) < 4.78 is 1.67. The van der Waals surface area contributed by atoms with Crippen LogP contribution in [0.2, 0.25) is 0 Å². The van der Waals surface area contributed by atoms with E-state index < -0.39 is 0 Å². The van der Waals surface area contributed by atoms with E-state index in [2.05, 4.69) is 20.7 Å². The molecule has 2 heterocycles. The van der Waals surface area contributed by atoms with E-state index in [1.165, 1.54) is 0 Å². The summed E-state index contributed by atoms with van der Waals surface area (Å²) in [6.45, 7) is 1.43. The highest BCUT2D eigenvalue weighted by molar-refractivity contribution is 5.78. The molecule has 1 unspecified atom stereocenters. The van der Waals surface area contributed by atoms with Gasteiger partial charge in [-0.05, 0) is 6.42 Å². The van der Waals surface area contributed by atoms with Crippen LogP contribution in [0.25, 0.3) is 0 Å². The van der Waals surface area contributed by atoms with Gasteiger partial charge in [0.1, 0.15) is 6.33 Å². The van der Waals surface area contributed by atoms with Gasteiger partial charge in [-0.3, -0.25) is 9.48 Å². The van der Waals surface area contributed by atoms with Crippen LogP contribution in [0.1, 0.15) is 18.7 Å². The predicted molar refractivity (Wildman–Crippen MR) is 53.9 cm³/mol. The van der Waals surface area contributed by atoms with Gasteiger partial charge in [0.05, 0.1) is 6.54 Å². The van der Waals surface area contributed by atoms with Crippen LogP contribution in [0.4, 0.5) is 0 Å². The van der Waals surface area contributed by atoms with Crippen molar-refractivity contribution in [2.45, 2.75) is 25.4 Å². The second-order valence-electron chi connectivity index (χ2n) is 3.77. The first kappa shape index (κ1) is 10.1. The molecule has 1 aromatic rings. The number of carbonyl (C=O) groups is 1. The lowest BCUT2D eigenvalue weighted by molar-refractivity contribution is -0.119. The van der Waals surface area contributed by atoms with Gasteiger partial charge < -0.3 is 10.6 Å². The molecular weight excluding hydrogens is 194 g/mol. The lowest BCUT2D eigenvalue weighted by atomic mass is 10.2. The minimum absolute atomic E-state index is 0.151. The molecule has 2 rings (SSSR count). The molecule has 1 aromatic heterocycles. The molecule has 2 N–H and O–H groups in total. The van der Waals surface area contributed by atoms with Gasteiger partial charge in [-0.2, -0.15) is 5.10 Å². The van der Waals surface area contributed by atoms with Crippen molar-refractivity contribution in [2.24, 2.45) is 7.05 Å². The number of amides is 1. The zero-order valence-corrected chi connectivity index (χ0v) is 8.73. The van der Waals surface area contributed by atoms with Gasteiger partial charge >= 0.3 is 0 Å². The third kappa shape index (κ3) is 2.76. The molecule has 6 nitrogen and oxygen atoms in total. The summed E-state index contributed by atoms with van der Waals surface area (Å²) in [5.41, 5.74) is 0. The third-order valence-corrected chi connectivity index (χ3v) is 2.41. The highest BCUT2D eigenvalue weighted by atomic mass is 16.1. The standard InChI is InChI=1S/C9H15N5O/c1-14-6-11-8(13-14)5-10-4-7-2-3-9(15)12-7/h6-7,10H,2-5H2,1H3,(H,12,15). The number of rotatable bonds is 4. The summed E-state index contributed by atoms with van der Waals surface area (Å²) in [6.07, 6.45) is 3.24. The fourth-order valence-corrected chi connectivity index (χ4v) is 1.65. The highest BCUT2D eigenvalue weighted by Gasteiger charge is 2.19. The Morgan fingerprint density at radius 2 is 2.60 bits per heavy atom. The van der Waals surface area contributed by atoms with Crippen LogP contribution in [-0.4, -0.2) is 33.3 Å². The monoisotopic (exact) mass is 209 g/mol. The average Bonchev–Trinajstić information content (AvgIpc) is 2.76. The number of aromatic nitrogens is 3. The van der Waals surface area contributed by atoms with Crippen LogP contribution in [0, 0.1) is 0 Å². The van der Waals surface area contributed by atoms with Crippen molar-refractivity contribution in [3.63, 3.8) is 0 Å². The number of aryl methyl sites for hydroxylation is 1. The second-order valence-corrected chi connectivity index (χ2v) is 3.77. The fraction of sp³-hybridized carbons (Fsp3) is 0.667. The molecule has 1 aliphatic heterocycles. The molecule has 0 saturated carbocycles. The molecule has 0 aromatic carbocycles. The van der Waals surface area contributed by atoms with Crippen LogP contribution < -0.4 is 10.6 Å². The van der Waals surface area contributed by atoms with Crippen LogP contribution in [0.5, 0.6) is 0 Å². The SMILES string of the molecule is Cn1cnc(CNCC2CCC(=O)N2)n1. The maximum absolute atomic E-state index is 10.9. The van der Waals surface area contributed by atoms with Gasteiger partial charge in [-0.15, -0.1) is 0 Å². The molecule has 6 heteroatoms. The van der Waals surface area contributed by atoms with Gasteiger partial charge in [-0.25, -0.2) is 4.98 Å².